The van der Waals surface area contributed by atoms with E-state index >= 15 is 0 Å². The summed E-state index contributed by atoms with van der Waals surface area (Å²) in [6.07, 6.45) is 1.18. The second-order valence-corrected chi connectivity index (χ2v) is 7.82. The van der Waals surface area contributed by atoms with Crippen molar-refractivity contribution in [3.8, 4) is 0 Å². The van der Waals surface area contributed by atoms with Crippen LogP contribution in [0, 0.1) is 5.82 Å². The molecule has 4 nitrogen and oxygen atoms in total. The number of carbonyl (C=O) groups is 2. The smallest absolute Gasteiger partial charge is 0.234 e. The second-order valence-electron chi connectivity index (χ2n) is 6.90. The van der Waals surface area contributed by atoms with E-state index in [1.807, 2.05) is 38.1 Å². The van der Waals surface area contributed by atoms with Crippen LogP contribution in [0.25, 0.3) is 0 Å². The Bertz CT molecular complexity index is 867. The SMILES string of the molecule is CC(C)(C(=O)Nc1ccc(N2CCCC2=O)c(F)c1)c1cccc(Br)c1. The van der Waals surface area contributed by atoms with Crippen LogP contribution in [0.3, 0.4) is 0 Å². The molecule has 2 aromatic rings. The average molecular weight is 419 g/mol. The number of rotatable bonds is 4. The highest BCUT2D eigenvalue weighted by atomic mass is 79.9. The third-order valence-electron chi connectivity index (χ3n) is 4.68. The fourth-order valence-electron chi connectivity index (χ4n) is 3.00. The minimum atomic E-state index is -0.788. The van der Waals surface area contributed by atoms with Crippen LogP contribution in [0.5, 0.6) is 0 Å². The minimum Gasteiger partial charge on any atom is -0.325 e. The van der Waals surface area contributed by atoms with Gasteiger partial charge in [-0.3, -0.25) is 9.59 Å². The topological polar surface area (TPSA) is 49.4 Å². The fraction of sp³-hybridized carbons (Fsp3) is 0.300. The van der Waals surface area contributed by atoms with Crippen molar-refractivity contribution >= 4 is 39.1 Å². The van der Waals surface area contributed by atoms with Crippen molar-refractivity contribution in [3.05, 3.63) is 58.3 Å². The van der Waals surface area contributed by atoms with E-state index in [9.17, 15) is 14.0 Å². The van der Waals surface area contributed by atoms with Crippen LogP contribution >= 0.6 is 15.9 Å². The lowest BCUT2D eigenvalue weighted by Crippen LogP contribution is -2.34. The molecule has 0 radical (unpaired) electrons. The lowest BCUT2D eigenvalue weighted by molar-refractivity contribution is -0.120. The van der Waals surface area contributed by atoms with Gasteiger partial charge in [0.25, 0.3) is 0 Å². The number of nitrogens with zero attached hydrogens (tertiary/aromatic N) is 1. The summed E-state index contributed by atoms with van der Waals surface area (Å²) in [5.74, 6) is -0.824. The van der Waals surface area contributed by atoms with Gasteiger partial charge >= 0.3 is 0 Å². The molecule has 0 bridgehead atoms. The molecule has 1 aliphatic rings. The van der Waals surface area contributed by atoms with Gasteiger partial charge in [0.15, 0.2) is 0 Å². The van der Waals surface area contributed by atoms with Crippen LogP contribution in [-0.2, 0) is 15.0 Å². The van der Waals surface area contributed by atoms with Gasteiger partial charge in [-0.25, -0.2) is 4.39 Å². The molecule has 1 fully saturated rings. The van der Waals surface area contributed by atoms with Gasteiger partial charge in [-0.15, -0.1) is 0 Å². The molecule has 0 saturated carbocycles. The maximum Gasteiger partial charge on any atom is 0.234 e. The van der Waals surface area contributed by atoms with E-state index in [1.165, 1.54) is 11.0 Å². The molecule has 1 heterocycles. The van der Waals surface area contributed by atoms with Gasteiger partial charge in [0.05, 0.1) is 11.1 Å². The molecule has 0 aliphatic carbocycles. The quantitative estimate of drug-likeness (QED) is 0.786. The normalized spacial score (nSPS) is 14.6. The summed E-state index contributed by atoms with van der Waals surface area (Å²) < 4.78 is 15.3. The summed E-state index contributed by atoms with van der Waals surface area (Å²) in [4.78, 5) is 26.0. The van der Waals surface area contributed by atoms with Crippen molar-refractivity contribution < 1.29 is 14.0 Å². The van der Waals surface area contributed by atoms with E-state index in [2.05, 4.69) is 21.2 Å². The summed E-state index contributed by atoms with van der Waals surface area (Å²) in [7, 11) is 0. The van der Waals surface area contributed by atoms with Gasteiger partial charge in [0.2, 0.25) is 11.8 Å². The largest absolute Gasteiger partial charge is 0.325 e. The summed E-state index contributed by atoms with van der Waals surface area (Å²) >= 11 is 3.41. The Morgan fingerprint density at radius 3 is 2.62 bits per heavy atom. The monoisotopic (exact) mass is 418 g/mol. The minimum absolute atomic E-state index is 0.0727. The van der Waals surface area contributed by atoms with Crippen molar-refractivity contribution in [2.45, 2.75) is 32.1 Å². The Balaban J connectivity index is 1.79. The third-order valence-corrected chi connectivity index (χ3v) is 5.18. The molecule has 0 aromatic heterocycles. The van der Waals surface area contributed by atoms with Gasteiger partial charge in [0.1, 0.15) is 5.82 Å². The number of anilines is 2. The molecule has 6 heteroatoms. The number of hydrogen-bond donors (Lipinski definition) is 1. The molecule has 136 valence electrons. The molecule has 3 rings (SSSR count). The maximum atomic E-state index is 14.4. The summed E-state index contributed by atoms with van der Waals surface area (Å²) in [5, 5.41) is 2.77. The van der Waals surface area contributed by atoms with Crippen LogP contribution in [0.1, 0.15) is 32.3 Å². The molecule has 1 aliphatic heterocycles. The van der Waals surface area contributed by atoms with E-state index in [0.717, 1.165) is 16.5 Å². The molecule has 1 saturated heterocycles. The van der Waals surface area contributed by atoms with Gasteiger partial charge in [0, 0.05) is 23.1 Å². The van der Waals surface area contributed by atoms with E-state index in [4.69, 9.17) is 0 Å². The van der Waals surface area contributed by atoms with E-state index in [1.54, 1.807) is 12.1 Å². The van der Waals surface area contributed by atoms with Crippen LogP contribution in [0.4, 0.5) is 15.8 Å². The summed E-state index contributed by atoms with van der Waals surface area (Å²) in [6.45, 7) is 4.16. The highest BCUT2D eigenvalue weighted by Gasteiger charge is 2.30. The summed E-state index contributed by atoms with van der Waals surface area (Å²) in [6, 6.07) is 12.0. The Labute approximate surface area is 160 Å². The third kappa shape index (κ3) is 3.65. The van der Waals surface area contributed by atoms with Crippen molar-refractivity contribution in [3.63, 3.8) is 0 Å². The number of amides is 2. The number of benzene rings is 2. The van der Waals surface area contributed by atoms with Crippen LogP contribution in [-0.4, -0.2) is 18.4 Å². The number of hydrogen-bond acceptors (Lipinski definition) is 2. The zero-order chi connectivity index (χ0) is 18.9. The highest BCUT2D eigenvalue weighted by molar-refractivity contribution is 9.10. The molecule has 0 spiro atoms. The van der Waals surface area contributed by atoms with Gasteiger partial charge < -0.3 is 10.2 Å². The molecule has 2 amide bonds. The van der Waals surface area contributed by atoms with E-state index in [0.29, 0.717) is 18.7 Å². The number of halogens is 2. The molecule has 0 atom stereocenters. The number of nitrogens with one attached hydrogen (secondary N) is 1. The Morgan fingerprint density at radius 2 is 2.00 bits per heavy atom. The van der Waals surface area contributed by atoms with E-state index < -0.39 is 11.2 Å². The van der Waals surface area contributed by atoms with Crippen molar-refractivity contribution in [1.82, 2.24) is 0 Å². The van der Waals surface area contributed by atoms with Crippen LogP contribution in [0.15, 0.2) is 46.9 Å². The molecule has 0 unspecified atom stereocenters. The van der Waals surface area contributed by atoms with Crippen LogP contribution < -0.4 is 10.2 Å². The standard InChI is InChI=1S/C20H20BrFN2O2/c1-20(2,13-5-3-6-14(21)11-13)19(26)23-15-8-9-17(16(22)12-15)24-10-4-7-18(24)25/h3,5-6,8-9,11-12H,4,7,10H2,1-2H3,(H,23,26). The fourth-order valence-corrected chi connectivity index (χ4v) is 3.40. The zero-order valence-electron chi connectivity index (χ0n) is 14.7. The van der Waals surface area contributed by atoms with Gasteiger partial charge in [-0.1, -0.05) is 28.1 Å². The average Bonchev–Trinajstić information content (AvgIpc) is 3.01. The van der Waals surface area contributed by atoms with Crippen molar-refractivity contribution in [2.24, 2.45) is 0 Å². The molecule has 26 heavy (non-hydrogen) atoms. The first-order valence-electron chi connectivity index (χ1n) is 8.46. The first-order valence-corrected chi connectivity index (χ1v) is 9.26. The lowest BCUT2D eigenvalue weighted by atomic mass is 9.83. The summed E-state index contributed by atoms with van der Waals surface area (Å²) in [5.41, 5.74) is 0.691. The first kappa shape index (κ1) is 18.6. The highest BCUT2D eigenvalue weighted by Crippen LogP contribution is 2.30. The van der Waals surface area contributed by atoms with E-state index in [-0.39, 0.29) is 17.5 Å². The van der Waals surface area contributed by atoms with Crippen molar-refractivity contribution in [2.75, 3.05) is 16.8 Å². The Morgan fingerprint density at radius 1 is 1.23 bits per heavy atom. The Kier molecular flexibility index (Phi) is 5.14. The van der Waals surface area contributed by atoms with Gasteiger partial charge in [-0.05, 0) is 56.2 Å². The van der Waals surface area contributed by atoms with Gasteiger partial charge in [-0.2, -0.15) is 0 Å². The first-order chi connectivity index (χ1) is 12.3. The van der Waals surface area contributed by atoms with Crippen molar-refractivity contribution in [1.29, 1.82) is 0 Å². The second kappa shape index (κ2) is 7.19. The maximum absolute atomic E-state index is 14.4. The lowest BCUT2D eigenvalue weighted by Gasteiger charge is -2.25. The zero-order valence-corrected chi connectivity index (χ0v) is 16.3. The predicted molar refractivity (Wildman–Crippen MR) is 104 cm³/mol. The number of carbonyl (C=O) groups excluding carboxylic acids is 2. The molecule has 1 N–H and O–H groups in total. The van der Waals surface area contributed by atoms with Crippen LogP contribution in [0.2, 0.25) is 0 Å². The molecule has 2 aromatic carbocycles. The predicted octanol–water partition coefficient (Wildman–Crippen LogP) is 4.63. The Hall–Kier alpha value is -2.21. The molecular formula is C20H20BrFN2O2. The molecular weight excluding hydrogens is 399 g/mol.